The fourth-order valence-electron chi connectivity index (χ4n) is 0.916. The highest BCUT2D eigenvalue weighted by Gasteiger charge is 2.02. The van der Waals surface area contributed by atoms with E-state index in [0.29, 0.717) is 5.56 Å². The van der Waals surface area contributed by atoms with Crippen LogP contribution in [0.25, 0.3) is 0 Å². The number of carbonyl (C=O) groups is 1. The first kappa shape index (κ1) is 10.8. The third-order valence-electron chi connectivity index (χ3n) is 1.62. The van der Waals surface area contributed by atoms with Crippen LogP contribution in [0.3, 0.4) is 0 Å². The van der Waals surface area contributed by atoms with Crippen LogP contribution in [0.4, 0.5) is 4.39 Å². The smallest absolute Gasteiger partial charge is 0.235 e. The molecule has 1 aromatic carbocycles. The van der Waals surface area contributed by atoms with E-state index >= 15 is 0 Å². The predicted molar refractivity (Wildman–Crippen MR) is 50.6 cm³/mol. The van der Waals surface area contributed by atoms with Gasteiger partial charge in [-0.1, -0.05) is 6.07 Å². The van der Waals surface area contributed by atoms with Gasteiger partial charge in [0.15, 0.2) is 11.6 Å². The molecule has 3 nitrogen and oxygen atoms in total. The van der Waals surface area contributed by atoms with Crippen molar-refractivity contribution in [2.45, 2.75) is 6.54 Å². The molecule has 1 rings (SSSR count). The number of carbonyl (C=O) groups excluding carboxylic acids is 1. The van der Waals surface area contributed by atoms with Crippen LogP contribution in [0.2, 0.25) is 0 Å². The Bertz CT molecular complexity index is 344. The lowest BCUT2D eigenvalue weighted by Gasteiger charge is -2.03. The average Bonchev–Trinajstić information content (AvgIpc) is 2.19. The topological polar surface area (TPSA) is 49.3 Å². The maximum absolute atomic E-state index is 12.6. The van der Waals surface area contributed by atoms with Crippen LogP contribution in [0.5, 0.6) is 5.75 Å². The SMILES string of the molecule is O=C(CCl)NCc1ccc(F)c(O)c1. The van der Waals surface area contributed by atoms with Gasteiger partial charge in [-0.05, 0) is 17.7 Å². The fourth-order valence-corrected chi connectivity index (χ4v) is 1.01. The Balaban J connectivity index is 2.60. The molecule has 0 saturated carbocycles. The van der Waals surface area contributed by atoms with Gasteiger partial charge in [0.05, 0.1) is 0 Å². The predicted octanol–water partition coefficient (Wildman–Crippen LogP) is 1.39. The van der Waals surface area contributed by atoms with Crippen LogP contribution in [0, 0.1) is 5.82 Å². The van der Waals surface area contributed by atoms with Crippen molar-refractivity contribution in [3.8, 4) is 5.75 Å². The highest BCUT2D eigenvalue weighted by atomic mass is 35.5. The first-order valence-electron chi connectivity index (χ1n) is 3.93. The number of halogens is 2. The molecular formula is C9H9ClFNO2. The van der Waals surface area contributed by atoms with Crippen LogP contribution in [0.15, 0.2) is 18.2 Å². The van der Waals surface area contributed by atoms with Crippen molar-refractivity contribution in [1.82, 2.24) is 5.32 Å². The minimum Gasteiger partial charge on any atom is -0.505 e. The van der Waals surface area contributed by atoms with Crippen LogP contribution < -0.4 is 5.32 Å². The summed E-state index contributed by atoms with van der Waals surface area (Å²) in [6.07, 6.45) is 0. The van der Waals surface area contributed by atoms with Gasteiger partial charge in [-0.3, -0.25) is 4.79 Å². The molecule has 0 bridgehead atoms. The molecule has 5 heteroatoms. The second-order valence-corrected chi connectivity index (χ2v) is 2.96. The quantitative estimate of drug-likeness (QED) is 0.752. The van der Waals surface area contributed by atoms with Gasteiger partial charge in [0.1, 0.15) is 5.88 Å². The lowest BCUT2D eigenvalue weighted by Crippen LogP contribution is -2.23. The molecule has 0 aliphatic carbocycles. The number of phenolic OH excluding ortho intramolecular Hbond substituents is 1. The van der Waals surface area contributed by atoms with E-state index in [4.69, 9.17) is 16.7 Å². The molecule has 1 amide bonds. The lowest BCUT2D eigenvalue weighted by atomic mass is 10.2. The summed E-state index contributed by atoms with van der Waals surface area (Å²) < 4.78 is 12.6. The number of alkyl halides is 1. The van der Waals surface area contributed by atoms with Gasteiger partial charge in [0.2, 0.25) is 5.91 Å². The normalized spacial score (nSPS) is 9.86. The molecule has 1 aromatic rings. The third kappa shape index (κ3) is 2.88. The minimum atomic E-state index is -0.683. The van der Waals surface area contributed by atoms with E-state index < -0.39 is 11.6 Å². The Morgan fingerprint density at radius 2 is 2.29 bits per heavy atom. The van der Waals surface area contributed by atoms with Gasteiger partial charge < -0.3 is 10.4 Å². The van der Waals surface area contributed by atoms with E-state index in [9.17, 15) is 9.18 Å². The van der Waals surface area contributed by atoms with Crippen molar-refractivity contribution in [2.75, 3.05) is 5.88 Å². The lowest BCUT2D eigenvalue weighted by molar-refractivity contribution is -0.118. The van der Waals surface area contributed by atoms with E-state index in [2.05, 4.69) is 5.32 Å². The van der Waals surface area contributed by atoms with E-state index in [-0.39, 0.29) is 18.3 Å². The second-order valence-electron chi connectivity index (χ2n) is 2.70. The molecule has 14 heavy (non-hydrogen) atoms. The zero-order valence-electron chi connectivity index (χ0n) is 7.26. The molecule has 76 valence electrons. The maximum atomic E-state index is 12.6. The van der Waals surface area contributed by atoms with Crippen LogP contribution in [-0.4, -0.2) is 16.9 Å². The largest absolute Gasteiger partial charge is 0.505 e. The Morgan fingerprint density at radius 3 is 2.86 bits per heavy atom. The van der Waals surface area contributed by atoms with Crippen molar-refractivity contribution in [2.24, 2.45) is 0 Å². The van der Waals surface area contributed by atoms with Crippen LogP contribution >= 0.6 is 11.6 Å². The number of amides is 1. The van der Waals surface area contributed by atoms with Gasteiger partial charge in [-0.25, -0.2) is 4.39 Å². The maximum Gasteiger partial charge on any atom is 0.235 e. The summed E-state index contributed by atoms with van der Waals surface area (Å²) in [5.74, 6) is -1.54. The summed E-state index contributed by atoms with van der Waals surface area (Å²) in [6, 6.07) is 3.87. The molecule has 0 heterocycles. The molecule has 0 aliphatic rings. The third-order valence-corrected chi connectivity index (χ3v) is 1.86. The van der Waals surface area contributed by atoms with Crippen molar-refractivity contribution < 1.29 is 14.3 Å². The summed E-state index contributed by atoms with van der Waals surface area (Å²) in [7, 11) is 0. The highest BCUT2D eigenvalue weighted by Crippen LogP contribution is 2.16. The Labute approximate surface area is 85.5 Å². The summed E-state index contributed by atoms with van der Waals surface area (Å²) in [5.41, 5.74) is 0.613. The molecule has 0 radical (unpaired) electrons. The van der Waals surface area contributed by atoms with Crippen LogP contribution in [-0.2, 0) is 11.3 Å². The van der Waals surface area contributed by atoms with Gasteiger partial charge in [-0.15, -0.1) is 11.6 Å². The molecular weight excluding hydrogens is 209 g/mol. The molecule has 0 atom stereocenters. The first-order chi connectivity index (χ1) is 6.63. The number of aromatic hydroxyl groups is 1. The highest BCUT2D eigenvalue weighted by molar-refractivity contribution is 6.27. The number of hydrogen-bond donors (Lipinski definition) is 2. The monoisotopic (exact) mass is 217 g/mol. The van der Waals surface area contributed by atoms with Gasteiger partial charge in [0.25, 0.3) is 0 Å². The molecule has 0 aromatic heterocycles. The van der Waals surface area contributed by atoms with E-state index in [1.54, 1.807) is 0 Å². The van der Waals surface area contributed by atoms with Crippen molar-refractivity contribution in [3.05, 3.63) is 29.6 Å². The van der Waals surface area contributed by atoms with Crippen molar-refractivity contribution in [1.29, 1.82) is 0 Å². The fraction of sp³-hybridized carbons (Fsp3) is 0.222. The number of rotatable bonds is 3. The van der Waals surface area contributed by atoms with Gasteiger partial charge in [-0.2, -0.15) is 0 Å². The Kier molecular flexibility index (Phi) is 3.71. The average molecular weight is 218 g/mol. The molecule has 0 saturated heterocycles. The summed E-state index contributed by atoms with van der Waals surface area (Å²) in [4.78, 5) is 10.8. The van der Waals surface area contributed by atoms with Crippen molar-refractivity contribution >= 4 is 17.5 Å². The standard InChI is InChI=1S/C9H9ClFNO2/c10-4-9(14)12-5-6-1-2-7(11)8(13)3-6/h1-3,13H,4-5H2,(H,12,14). The number of hydrogen-bond acceptors (Lipinski definition) is 2. The molecule has 2 N–H and O–H groups in total. The second kappa shape index (κ2) is 4.81. The van der Waals surface area contributed by atoms with Gasteiger partial charge >= 0.3 is 0 Å². The Morgan fingerprint density at radius 1 is 1.57 bits per heavy atom. The summed E-state index contributed by atoms with van der Waals surface area (Å²) in [5, 5.41) is 11.5. The Hall–Kier alpha value is -1.29. The van der Waals surface area contributed by atoms with E-state index in [0.717, 1.165) is 6.07 Å². The molecule has 0 spiro atoms. The zero-order valence-corrected chi connectivity index (χ0v) is 8.01. The summed E-state index contributed by atoms with van der Waals surface area (Å²) >= 11 is 5.25. The van der Waals surface area contributed by atoms with E-state index in [1.165, 1.54) is 12.1 Å². The number of phenols is 1. The molecule has 0 unspecified atom stereocenters. The summed E-state index contributed by atoms with van der Waals surface area (Å²) in [6.45, 7) is 0.222. The van der Waals surface area contributed by atoms with Crippen molar-refractivity contribution in [3.63, 3.8) is 0 Å². The first-order valence-corrected chi connectivity index (χ1v) is 4.47. The molecule has 0 aliphatic heterocycles. The van der Waals surface area contributed by atoms with Crippen LogP contribution in [0.1, 0.15) is 5.56 Å². The number of nitrogens with one attached hydrogen (secondary N) is 1. The van der Waals surface area contributed by atoms with E-state index in [1.807, 2.05) is 0 Å². The molecule has 0 fully saturated rings. The number of benzene rings is 1. The minimum absolute atomic E-state index is 0.118. The van der Waals surface area contributed by atoms with Gasteiger partial charge in [0, 0.05) is 6.54 Å². The zero-order chi connectivity index (χ0) is 10.6.